The highest BCUT2D eigenvalue weighted by atomic mass is 16.6. The van der Waals surface area contributed by atoms with E-state index in [2.05, 4.69) is 21.2 Å². The fourth-order valence-corrected chi connectivity index (χ4v) is 4.28. The number of aromatic amines is 1. The number of carbonyl (C=O) groups excluding carboxylic acids is 1. The molecular weight excluding hydrogens is 396 g/mol. The average molecular weight is 416 g/mol. The van der Waals surface area contributed by atoms with Crippen LogP contribution in [-0.2, 0) is 11.2 Å². The first-order chi connectivity index (χ1) is 15.2. The number of aromatic nitrogens is 3. The summed E-state index contributed by atoms with van der Waals surface area (Å²) in [6.07, 6.45) is 2.86. The third-order valence-electron chi connectivity index (χ3n) is 5.83. The van der Waals surface area contributed by atoms with Crippen LogP contribution >= 0.6 is 0 Å². The Bertz CT molecular complexity index is 1280. The first-order valence-electron chi connectivity index (χ1n) is 10.3. The van der Waals surface area contributed by atoms with Crippen molar-refractivity contribution in [3.8, 4) is 11.5 Å². The van der Waals surface area contributed by atoms with Gasteiger partial charge in [0.25, 0.3) is 0 Å². The highest BCUT2D eigenvalue weighted by Crippen LogP contribution is 2.37. The zero-order valence-corrected chi connectivity index (χ0v) is 16.7. The third kappa shape index (κ3) is 3.20. The molecule has 1 atom stereocenters. The van der Waals surface area contributed by atoms with Gasteiger partial charge in [-0.15, -0.1) is 0 Å². The van der Waals surface area contributed by atoms with Gasteiger partial charge >= 0.3 is 0 Å². The Morgan fingerprint density at radius 1 is 1.10 bits per heavy atom. The molecule has 156 valence electrons. The summed E-state index contributed by atoms with van der Waals surface area (Å²) in [7, 11) is 0. The molecule has 1 amide bonds. The van der Waals surface area contributed by atoms with Gasteiger partial charge in [0, 0.05) is 47.7 Å². The lowest BCUT2D eigenvalue weighted by atomic mass is 10.1. The smallest absolute Gasteiger partial charge is 0.231 e. The monoisotopic (exact) mass is 416 g/mol. The average Bonchev–Trinajstić information content (AvgIpc) is 3.53. The first kappa shape index (κ1) is 18.0. The van der Waals surface area contributed by atoms with Crippen LogP contribution in [0.1, 0.15) is 29.6 Å². The van der Waals surface area contributed by atoms with Crippen LogP contribution in [0.2, 0.25) is 0 Å². The summed E-state index contributed by atoms with van der Waals surface area (Å²) in [6, 6.07) is 13.7. The minimum atomic E-state index is -0.110. The summed E-state index contributed by atoms with van der Waals surface area (Å²) in [5.41, 5.74) is 2.97. The molecule has 6 rings (SSSR count). The standard InChI is InChI=1S/C23H20N4O4/c28-22-10-15(13-27(22)16-5-6-19-20(11-16)30-8-7-29-19)23-25-21(31-26-23)9-14-12-24-18-4-2-1-3-17(14)18/h1-6,11-12,15,24H,7-10,13H2. The normalized spacial score (nSPS) is 18.1. The molecule has 0 radical (unpaired) electrons. The number of hydrogen-bond donors (Lipinski definition) is 1. The van der Waals surface area contributed by atoms with Crippen LogP contribution in [0.25, 0.3) is 10.9 Å². The Morgan fingerprint density at radius 3 is 2.90 bits per heavy atom. The molecule has 8 heteroatoms. The van der Waals surface area contributed by atoms with Crippen molar-refractivity contribution in [3.63, 3.8) is 0 Å². The van der Waals surface area contributed by atoms with Crippen LogP contribution in [0.4, 0.5) is 5.69 Å². The van der Waals surface area contributed by atoms with E-state index in [0.29, 0.717) is 55.8 Å². The molecule has 31 heavy (non-hydrogen) atoms. The van der Waals surface area contributed by atoms with Gasteiger partial charge in [-0.25, -0.2) is 0 Å². The Morgan fingerprint density at radius 2 is 1.97 bits per heavy atom. The van der Waals surface area contributed by atoms with Crippen molar-refractivity contribution < 1.29 is 18.8 Å². The summed E-state index contributed by atoms with van der Waals surface area (Å²) >= 11 is 0. The summed E-state index contributed by atoms with van der Waals surface area (Å²) in [5, 5.41) is 5.31. The van der Waals surface area contributed by atoms with Gasteiger partial charge in [0.15, 0.2) is 17.3 Å². The summed E-state index contributed by atoms with van der Waals surface area (Å²) in [6.45, 7) is 1.55. The van der Waals surface area contributed by atoms with Gasteiger partial charge < -0.3 is 23.9 Å². The predicted octanol–water partition coefficient (Wildman–Crippen LogP) is 3.43. The maximum Gasteiger partial charge on any atom is 0.231 e. The maximum atomic E-state index is 12.7. The molecular formula is C23H20N4O4. The van der Waals surface area contributed by atoms with Crippen LogP contribution in [0.3, 0.4) is 0 Å². The number of amides is 1. The molecule has 1 saturated heterocycles. The van der Waals surface area contributed by atoms with Crippen molar-refractivity contribution in [3.05, 3.63) is 65.9 Å². The Labute approximate surface area is 177 Å². The number of H-pyrrole nitrogens is 1. The van der Waals surface area contributed by atoms with Crippen molar-refractivity contribution in [1.29, 1.82) is 0 Å². The van der Waals surface area contributed by atoms with Gasteiger partial charge in [-0.3, -0.25) is 4.79 Å². The number of benzene rings is 2. The highest BCUT2D eigenvalue weighted by molar-refractivity contribution is 5.96. The van der Waals surface area contributed by atoms with E-state index in [-0.39, 0.29) is 11.8 Å². The predicted molar refractivity (Wildman–Crippen MR) is 113 cm³/mol. The molecule has 1 unspecified atom stereocenters. The number of rotatable bonds is 4. The molecule has 1 N–H and O–H groups in total. The van der Waals surface area contributed by atoms with Crippen LogP contribution in [0.5, 0.6) is 11.5 Å². The number of hydrogen-bond acceptors (Lipinski definition) is 6. The third-order valence-corrected chi connectivity index (χ3v) is 5.83. The van der Waals surface area contributed by atoms with Crippen LogP contribution in [0, 0.1) is 0 Å². The molecule has 2 aromatic heterocycles. The second-order valence-corrected chi connectivity index (χ2v) is 7.82. The molecule has 8 nitrogen and oxygen atoms in total. The molecule has 2 aliphatic rings. The van der Waals surface area contributed by atoms with Crippen molar-refractivity contribution in [2.24, 2.45) is 0 Å². The lowest BCUT2D eigenvalue weighted by Gasteiger charge is -2.22. The van der Waals surface area contributed by atoms with E-state index in [1.807, 2.05) is 42.6 Å². The topological polar surface area (TPSA) is 93.5 Å². The fourth-order valence-electron chi connectivity index (χ4n) is 4.28. The number of ether oxygens (including phenoxy) is 2. The van der Waals surface area contributed by atoms with Crippen molar-refractivity contribution in [2.45, 2.75) is 18.8 Å². The lowest BCUT2D eigenvalue weighted by molar-refractivity contribution is -0.117. The molecule has 2 aromatic carbocycles. The molecule has 0 bridgehead atoms. The lowest BCUT2D eigenvalue weighted by Crippen LogP contribution is -2.25. The second-order valence-electron chi connectivity index (χ2n) is 7.82. The number of fused-ring (bicyclic) bond motifs is 2. The zero-order valence-electron chi connectivity index (χ0n) is 16.7. The Balaban J connectivity index is 1.20. The molecule has 0 saturated carbocycles. The van der Waals surface area contributed by atoms with Crippen LogP contribution < -0.4 is 14.4 Å². The SMILES string of the molecule is O=C1CC(c2noc(Cc3c[nH]c4ccccc34)n2)CN1c1ccc2c(c1)OCCO2. The van der Waals surface area contributed by atoms with Gasteiger partial charge in [0.1, 0.15) is 13.2 Å². The molecule has 4 heterocycles. The van der Waals surface area contributed by atoms with Gasteiger partial charge in [0.2, 0.25) is 11.8 Å². The van der Waals surface area contributed by atoms with E-state index in [0.717, 1.165) is 22.2 Å². The summed E-state index contributed by atoms with van der Waals surface area (Å²) < 4.78 is 16.7. The van der Waals surface area contributed by atoms with Gasteiger partial charge in [-0.2, -0.15) is 4.98 Å². The second kappa shape index (κ2) is 7.16. The number of nitrogens with one attached hydrogen (secondary N) is 1. The number of nitrogens with zero attached hydrogens (tertiary/aromatic N) is 3. The minimum Gasteiger partial charge on any atom is -0.486 e. The van der Waals surface area contributed by atoms with Crippen LogP contribution in [-0.4, -0.2) is 40.8 Å². The van der Waals surface area contributed by atoms with E-state index >= 15 is 0 Å². The number of anilines is 1. The molecule has 4 aromatic rings. The quantitative estimate of drug-likeness (QED) is 0.548. The maximum absolute atomic E-state index is 12.7. The van der Waals surface area contributed by atoms with E-state index < -0.39 is 0 Å². The largest absolute Gasteiger partial charge is 0.486 e. The van der Waals surface area contributed by atoms with Crippen molar-refractivity contribution >= 4 is 22.5 Å². The number of para-hydroxylation sites is 1. The van der Waals surface area contributed by atoms with E-state index in [4.69, 9.17) is 14.0 Å². The van der Waals surface area contributed by atoms with Crippen molar-refractivity contribution in [1.82, 2.24) is 15.1 Å². The van der Waals surface area contributed by atoms with Crippen molar-refractivity contribution in [2.75, 3.05) is 24.7 Å². The van der Waals surface area contributed by atoms with E-state index in [1.165, 1.54) is 0 Å². The summed E-state index contributed by atoms with van der Waals surface area (Å²) in [5.74, 6) is 2.41. The number of carbonyl (C=O) groups is 1. The Kier molecular flexibility index (Phi) is 4.15. The van der Waals surface area contributed by atoms with Gasteiger partial charge in [-0.1, -0.05) is 23.4 Å². The zero-order chi connectivity index (χ0) is 20.8. The summed E-state index contributed by atoms with van der Waals surface area (Å²) in [4.78, 5) is 22.3. The van der Waals surface area contributed by atoms with Gasteiger partial charge in [-0.05, 0) is 23.8 Å². The van der Waals surface area contributed by atoms with E-state index in [9.17, 15) is 4.79 Å². The van der Waals surface area contributed by atoms with Gasteiger partial charge in [0.05, 0.1) is 6.42 Å². The molecule has 1 fully saturated rings. The highest BCUT2D eigenvalue weighted by Gasteiger charge is 2.35. The molecule has 2 aliphatic heterocycles. The minimum absolute atomic E-state index is 0.0321. The first-order valence-corrected chi connectivity index (χ1v) is 10.3. The van der Waals surface area contributed by atoms with E-state index in [1.54, 1.807) is 4.90 Å². The Hall–Kier alpha value is -3.81. The fraction of sp³-hybridized carbons (Fsp3) is 0.261. The molecule has 0 spiro atoms. The molecule has 0 aliphatic carbocycles. The van der Waals surface area contributed by atoms with Crippen LogP contribution in [0.15, 0.2) is 53.2 Å².